The number of rotatable bonds is 3. The lowest BCUT2D eigenvalue weighted by Crippen LogP contribution is -2.19. The smallest absolute Gasteiger partial charge is 0.164 e. The molecule has 1 atom stereocenters. The second-order valence-electron chi connectivity index (χ2n) is 3.11. The van der Waals surface area contributed by atoms with Gasteiger partial charge in [0.1, 0.15) is 0 Å². The maximum atomic E-state index is 11.5. The first-order chi connectivity index (χ1) is 6.09. The Kier molecular flexibility index (Phi) is 3.63. The van der Waals surface area contributed by atoms with Crippen molar-refractivity contribution in [3.8, 4) is 0 Å². The van der Waals surface area contributed by atoms with Crippen LogP contribution >= 0.6 is 15.9 Å². The van der Waals surface area contributed by atoms with Gasteiger partial charge in [-0.1, -0.05) is 28.1 Å². The molecule has 1 unspecified atom stereocenters. The number of ketones is 1. The Bertz CT molecular complexity index is 310. The summed E-state index contributed by atoms with van der Waals surface area (Å²) in [6, 6.07) is 7.27. The summed E-state index contributed by atoms with van der Waals surface area (Å²) in [6.45, 7) is 1.83. The summed E-state index contributed by atoms with van der Waals surface area (Å²) in [5.74, 6) is 0.0938. The molecule has 2 nitrogen and oxygen atoms in total. The van der Waals surface area contributed by atoms with Gasteiger partial charge in [-0.15, -0.1) is 0 Å². The quantitative estimate of drug-likeness (QED) is 0.827. The molecule has 70 valence electrons. The number of Topliss-reactive ketones (excluding diaryl/α,β-unsaturated/α-hetero) is 1. The molecule has 0 amide bonds. The predicted molar refractivity (Wildman–Crippen MR) is 56.7 cm³/mol. The van der Waals surface area contributed by atoms with Crippen molar-refractivity contribution in [1.29, 1.82) is 0 Å². The van der Waals surface area contributed by atoms with Gasteiger partial charge in [0.2, 0.25) is 0 Å². The van der Waals surface area contributed by atoms with Crippen LogP contribution in [0.1, 0.15) is 23.7 Å². The van der Waals surface area contributed by atoms with E-state index < -0.39 is 0 Å². The highest BCUT2D eigenvalue weighted by Crippen LogP contribution is 2.13. The van der Waals surface area contributed by atoms with Gasteiger partial charge in [-0.2, -0.15) is 0 Å². The van der Waals surface area contributed by atoms with Crippen LogP contribution in [0.5, 0.6) is 0 Å². The van der Waals surface area contributed by atoms with Gasteiger partial charge in [-0.3, -0.25) is 4.79 Å². The third kappa shape index (κ3) is 3.28. The maximum absolute atomic E-state index is 11.5. The molecule has 0 heterocycles. The van der Waals surface area contributed by atoms with Crippen LogP contribution in [0, 0.1) is 0 Å². The lowest BCUT2D eigenvalue weighted by atomic mass is 10.1. The van der Waals surface area contributed by atoms with E-state index in [-0.39, 0.29) is 11.8 Å². The molecule has 0 fully saturated rings. The van der Waals surface area contributed by atoms with Gasteiger partial charge in [0.15, 0.2) is 5.78 Å². The molecule has 13 heavy (non-hydrogen) atoms. The van der Waals surface area contributed by atoms with Crippen molar-refractivity contribution >= 4 is 21.7 Å². The van der Waals surface area contributed by atoms with Gasteiger partial charge >= 0.3 is 0 Å². The molecule has 3 heteroatoms. The number of carbonyl (C=O) groups is 1. The Hall–Kier alpha value is -0.670. The van der Waals surface area contributed by atoms with E-state index in [4.69, 9.17) is 5.73 Å². The second kappa shape index (κ2) is 4.53. The summed E-state index contributed by atoms with van der Waals surface area (Å²) in [5.41, 5.74) is 6.25. The van der Waals surface area contributed by atoms with Crippen LogP contribution in [-0.2, 0) is 0 Å². The topological polar surface area (TPSA) is 43.1 Å². The van der Waals surface area contributed by atoms with Crippen LogP contribution in [-0.4, -0.2) is 11.8 Å². The first-order valence-electron chi connectivity index (χ1n) is 4.14. The van der Waals surface area contributed by atoms with Gasteiger partial charge in [0.05, 0.1) is 0 Å². The number of carbonyl (C=O) groups excluding carboxylic acids is 1. The second-order valence-corrected chi connectivity index (χ2v) is 4.03. The Balaban J connectivity index is 2.77. The minimum atomic E-state index is -0.0773. The summed E-state index contributed by atoms with van der Waals surface area (Å²) in [6.07, 6.45) is 0.399. The summed E-state index contributed by atoms with van der Waals surface area (Å²) in [4.78, 5) is 11.5. The molecule has 0 aliphatic carbocycles. The third-order valence-corrected chi connectivity index (χ3v) is 2.15. The van der Waals surface area contributed by atoms with Gasteiger partial charge in [-0.05, 0) is 19.1 Å². The van der Waals surface area contributed by atoms with E-state index in [0.717, 1.165) is 4.47 Å². The Labute approximate surface area is 86.3 Å². The van der Waals surface area contributed by atoms with Crippen molar-refractivity contribution < 1.29 is 4.79 Å². The molecule has 0 radical (unpaired) electrons. The van der Waals surface area contributed by atoms with E-state index in [1.165, 1.54) is 0 Å². The highest BCUT2D eigenvalue weighted by atomic mass is 79.9. The molecule has 0 saturated carbocycles. The molecule has 2 N–H and O–H groups in total. The summed E-state index contributed by atoms with van der Waals surface area (Å²) < 4.78 is 0.919. The van der Waals surface area contributed by atoms with E-state index >= 15 is 0 Å². The fourth-order valence-electron chi connectivity index (χ4n) is 1.07. The third-order valence-electron chi connectivity index (χ3n) is 1.65. The number of hydrogen-bond acceptors (Lipinski definition) is 2. The SMILES string of the molecule is CC(N)CC(=O)c1cccc(Br)c1. The highest BCUT2D eigenvalue weighted by Gasteiger charge is 2.07. The zero-order valence-corrected chi connectivity index (χ0v) is 9.04. The van der Waals surface area contributed by atoms with Crippen molar-refractivity contribution in [3.05, 3.63) is 34.3 Å². The number of hydrogen-bond donors (Lipinski definition) is 1. The zero-order chi connectivity index (χ0) is 9.84. The van der Waals surface area contributed by atoms with Crippen molar-refractivity contribution in [2.45, 2.75) is 19.4 Å². The predicted octanol–water partition coefficient (Wildman–Crippen LogP) is 2.37. The lowest BCUT2D eigenvalue weighted by Gasteiger charge is -2.03. The van der Waals surface area contributed by atoms with E-state index in [1.54, 1.807) is 6.07 Å². The molecule has 0 aromatic heterocycles. The van der Waals surface area contributed by atoms with Crippen LogP contribution in [0.15, 0.2) is 28.7 Å². The van der Waals surface area contributed by atoms with Gasteiger partial charge in [0.25, 0.3) is 0 Å². The van der Waals surface area contributed by atoms with Crippen LogP contribution < -0.4 is 5.73 Å². The van der Waals surface area contributed by atoms with Crippen molar-refractivity contribution in [3.63, 3.8) is 0 Å². The Morgan fingerprint density at radius 2 is 2.31 bits per heavy atom. The van der Waals surface area contributed by atoms with Crippen molar-refractivity contribution in [2.75, 3.05) is 0 Å². The van der Waals surface area contributed by atoms with Crippen LogP contribution in [0.4, 0.5) is 0 Å². The standard InChI is InChI=1S/C10H12BrNO/c1-7(12)5-10(13)8-3-2-4-9(11)6-8/h2-4,6-7H,5,12H2,1H3. The van der Waals surface area contributed by atoms with E-state index in [2.05, 4.69) is 15.9 Å². The number of benzene rings is 1. The largest absolute Gasteiger partial charge is 0.328 e. The lowest BCUT2D eigenvalue weighted by molar-refractivity contribution is 0.0976. The van der Waals surface area contributed by atoms with Gasteiger partial charge in [-0.25, -0.2) is 0 Å². The van der Waals surface area contributed by atoms with E-state index in [1.807, 2.05) is 25.1 Å². The monoisotopic (exact) mass is 241 g/mol. The molecule has 0 aliphatic heterocycles. The minimum Gasteiger partial charge on any atom is -0.328 e. The average molecular weight is 242 g/mol. The molecular formula is C10H12BrNO. The summed E-state index contributed by atoms with van der Waals surface area (Å²) in [5, 5.41) is 0. The first kappa shape index (κ1) is 10.4. The van der Waals surface area contributed by atoms with E-state index in [0.29, 0.717) is 12.0 Å². The van der Waals surface area contributed by atoms with E-state index in [9.17, 15) is 4.79 Å². The van der Waals surface area contributed by atoms with Crippen molar-refractivity contribution in [2.24, 2.45) is 5.73 Å². The van der Waals surface area contributed by atoms with Gasteiger partial charge in [0, 0.05) is 22.5 Å². The zero-order valence-electron chi connectivity index (χ0n) is 7.46. The molecule has 0 saturated heterocycles. The van der Waals surface area contributed by atoms with Crippen LogP contribution in [0.3, 0.4) is 0 Å². The van der Waals surface area contributed by atoms with Crippen LogP contribution in [0.2, 0.25) is 0 Å². The fraction of sp³-hybridized carbons (Fsp3) is 0.300. The Morgan fingerprint density at radius 3 is 2.85 bits per heavy atom. The number of halogens is 1. The molecular weight excluding hydrogens is 230 g/mol. The highest BCUT2D eigenvalue weighted by molar-refractivity contribution is 9.10. The van der Waals surface area contributed by atoms with Gasteiger partial charge < -0.3 is 5.73 Å². The maximum Gasteiger partial charge on any atom is 0.164 e. The van der Waals surface area contributed by atoms with Crippen LogP contribution in [0.25, 0.3) is 0 Å². The van der Waals surface area contributed by atoms with Crippen molar-refractivity contribution in [1.82, 2.24) is 0 Å². The Morgan fingerprint density at radius 1 is 1.62 bits per heavy atom. The number of nitrogens with two attached hydrogens (primary N) is 1. The fourth-order valence-corrected chi connectivity index (χ4v) is 1.47. The molecule has 1 aromatic carbocycles. The average Bonchev–Trinajstić information content (AvgIpc) is 2.03. The molecule has 0 spiro atoms. The first-order valence-corrected chi connectivity index (χ1v) is 4.93. The minimum absolute atomic E-state index is 0.0773. The summed E-state index contributed by atoms with van der Waals surface area (Å²) >= 11 is 3.31. The molecule has 0 bridgehead atoms. The summed E-state index contributed by atoms with van der Waals surface area (Å²) in [7, 11) is 0. The molecule has 1 rings (SSSR count). The normalized spacial score (nSPS) is 12.5. The molecule has 1 aromatic rings. The molecule has 0 aliphatic rings.